The van der Waals surface area contributed by atoms with E-state index in [0.717, 1.165) is 34.4 Å². The zero-order valence-corrected chi connectivity index (χ0v) is 19.2. The van der Waals surface area contributed by atoms with Crippen LogP contribution in [0.3, 0.4) is 0 Å². The molecule has 0 bridgehead atoms. The standard InChI is InChI=1S/C25H26N6O3/c1-15-5-24(27-8-18(15)6-26)31-10-17(7-28-31)9-30-11-19(13-32)29-23(12-30)20-3-4-21-22(16(20)2)14-34-25(21)33/h3-5,7-8,10,19,23,29,32H,9,11-14H2,1-2H3. The van der Waals surface area contributed by atoms with E-state index in [4.69, 9.17) is 10.00 Å². The van der Waals surface area contributed by atoms with Crippen LogP contribution in [0.1, 0.15) is 49.8 Å². The topological polar surface area (TPSA) is 116 Å². The van der Waals surface area contributed by atoms with Crippen molar-refractivity contribution in [2.24, 2.45) is 0 Å². The monoisotopic (exact) mass is 458 g/mol. The molecule has 0 saturated carbocycles. The molecule has 1 aromatic carbocycles. The number of fused-ring (bicyclic) bond motifs is 1. The minimum atomic E-state index is -0.264. The number of benzene rings is 1. The van der Waals surface area contributed by atoms with Crippen molar-refractivity contribution < 1.29 is 14.6 Å². The lowest BCUT2D eigenvalue weighted by Crippen LogP contribution is -2.53. The van der Waals surface area contributed by atoms with Gasteiger partial charge in [0, 0.05) is 55.2 Å². The summed E-state index contributed by atoms with van der Waals surface area (Å²) in [5, 5.41) is 27.1. The van der Waals surface area contributed by atoms with Crippen LogP contribution in [0, 0.1) is 25.2 Å². The van der Waals surface area contributed by atoms with Crippen LogP contribution in [-0.4, -0.2) is 56.5 Å². The van der Waals surface area contributed by atoms with E-state index in [-0.39, 0.29) is 24.7 Å². The summed E-state index contributed by atoms with van der Waals surface area (Å²) in [5.41, 5.74) is 6.22. The third-order valence-electron chi connectivity index (χ3n) is 6.65. The van der Waals surface area contributed by atoms with E-state index in [2.05, 4.69) is 26.4 Å². The number of nitrogens with one attached hydrogen (secondary N) is 1. The Morgan fingerprint density at radius 1 is 1.29 bits per heavy atom. The molecule has 2 N–H and O–H groups in total. The maximum atomic E-state index is 11.9. The van der Waals surface area contributed by atoms with Crippen molar-refractivity contribution in [2.45, 2.75) is 39.1 Å². The fourth-order valence-electron chi connectivity index (χ4n) is 4.82. The molecule has 0 radical (unpaired) electrons. The highest BCUT2D eigenvalue weighted by atomic mass is 16.5. The number of aliphatic hydroxyl groups is 1. The summed E-state index contributed by atoms with van der Waals surface area (Å²) >= 11 is 0. The van der Waals surface area contributed by atoms with E-state index >= 15 is 0 Å². The summed E-state index contributed by atoms with van der Waals surface area (Å²) < 4.78 is 6.92. The minimum absolute atomic E-state index is 0.0183. The van der Waals surface area contributed by atoms with E-state index in [0.29, 0.717) is 36.6 Å². The lowest BCUT2D eigenvalue weighted by Gasteiger charge is -2.39. The zero-order chi connectivity index (χ0) is 23.8. The van der Waals surface area contributed by atoms with Gasteiger partial charge in [0.25, 0.3) is 0 Å². The summed E-state index contributed by atoms with van der Waals surface area (Å²) in [6.07, 6.45) is 5.34. The van der Waals surface area contributed by atoms with Gasteiger partial charge < -0.3 is 15.2 Å². The first-order valence-corrected chi connectivity index (χ1v) is 11.3. The Balaban J connectivity index is 1.35. The molecule has 2 unspecified atom stereocenters. The number of hydrogen-bond acceptors (Lipinski definition) is 8. The number of aromatic nitrogens is 3. The van der Waals surface area contributed by atoms with E-state index in [1.165, 1.54) is 0 Å². The Hall–Kier alpha value is -3.58. The lowest BCUT2D eigenvalue weighted by atomic mass is 9.92. The molecule has 4 heterocycles. The summed E-state index contributed by atoms with van der Waals surface area (Å²) in [5.74, 6) is 0.403. The highest BCUT2D eigenvalue weighted by molar-refractivity contribution is 5.94. The number of aliphatic hydroxyl groups excluding tert-OH is 1. The number of piperazine rings is 1. The molecule has 2 aliphatic rings. The highest BCUT2D eigenvalue weighted by Gasteiger charge is 2.31. The molecule has 174 valence electrons. The van der Waals surface area contributed by atoms with Crippen molar-refractivity contribution in [1.82, 2.24) is 25.0 Å². The molecule has 9 nitrogen and oxygen atoms in total. The van der Waals surface area contributed by atoms with Gasteiger partial charge >= 0.3 is 5.97 Å². The molecule has 1 fully saturated rings. The molecule has 2 atom stereocenters. The first-order valence-electron chi connectivity index (χ1n) is 11.3. The Labute approximate surface area is 197 Å². The van der Waals surface area contributed by atoms with E-state index in [1.54, 1.807) is 10.9 Å². The first kappa shape index (κ1) is 22.2. The van der Waals surface area contributed by atoms with Crippen LogP contribution in [0.25, 0.3) is 5.82 Å². The molecule has 0 aliphatic carbocycles. The lowest BCUT2D eigenvalue weighted by molar-refractivity contribution is 0.0535. The van der Waals surface area contributed by atoms with Crippen molar-refractivity contribution in [1.29, 1.82) is 5.26 Å². The third-order valence-corrected chi connectivity index (χ3v) is 6.65. The van der Waals surface area contributed by atoms with Gasteiger partial charge in [0.1, 0.15) is 12.7 Å². The van der Waals surface area contributed by atoms with Gasteiger partial charge in [-0.25, -0.2) is 14.5 Å². The SMILES string of the molecule is Cc1cc(-n2cc(CN3CC(CO)NC(c4ccc5c(c4C)COC5=O)C3)cn2)ncc1C#N. The molecule has 34 heavy (non-hydrogen) atoms. The molecular formula is C25H26N6O3. The zero-order valence-electron chi connectivity index (χ0n) is 19.2. The Morgan fingerprint density at radius 2 is 2.15 bits per heavy atom. The Kier molecular flexibility index (Phi) is 5.87. The predicted octanol–water partition coefficient (Wildman–Crippen LogP) is 1.93. The number of cyclic esters (lactones) is 1. The van der Waals surface area contributed by atoms with Gasteiger partial charge in [-0.2, -0.15) is 10.4 Å². The molecule has 1 saturated heterocycles. The summed E-state index contributed by atoms with van der Waals surface area (Å²) in [7, 11) is 0. The van der Waals surface area contributed by atoms with Crippen molar-refractivity contribution in [3.63, 3.8) is 0 Å². The van der Waals surface area contributed by atoms with Crippen molar-refractivity contribution >= 4 is 5.97 Å². The normalized spacial score (nSPS) is 20.1. The van der Waals surface area contributed by atoms with E-state index < -0.39 is 0 Å². The molecule has 2 aromatic heterocycles. The number of nitrogens with zero attached hydrogens (tertiary/aromatic N) is 5. The highest BCUT2D eigenvalue weighted by Crippen LogP contribution is 2.31. The molecule has 2 aliphatic heterocycles. The molecule has 0 amide bonds. The van der Waals surface area contributed by atoms with Crippen LogP contribution in [0.15, 0.2) is 36.8 Å². The van der Waals surface area contributed by atoms with E-state index in [1.807, 2.05) is 44.4 Å². The average Bonchev–Trinajstić information content (AvgIpc) is 3.46. The van der Waals surface area contributed by atoms with Gasteiger partial charge in [-0.3, -0.25) is 4.90 Å². The van der Waals surface area contributed by atoms with Crippen molar-refractivity contribution in [2.75, 3.05) is 19.7 Å². The number of ether oxygens (including phenoxy) is 1. The van der Waals surface area contributed by atoms with Crippen molar-refractivity contribution in [3.8, 4) is 11.9 Å². The van der Waals surface area contributed by atoms with Gasteiger partial charge in [-0.1, -0.05) is 6.07 Å². The molecule has 9 heteroatoms. The number of carbonyl (C=O) groups is 1. The number of nitriles is 1. The van der Waals surface area contributed by atoms with E-state index in [9.17, 15) is 9.90 Å². The van der Waals surface area contributed by atoms with Crippen LogP contribution in [0.2, 0.25) is 0 Å². The molecule has 3 aromatic rings. The van der Waals surface area contributed by atoms with Gasteiger partial charge in [-0.05, 0) is 42.7 Å². The second-order valence-corrected chi connectivity index (χ2v) is 8.94. The van der Waals surface area contributed by atoms with Crippen LogP contribution < -0.4 is 5.32 Å². The average molecular weight is 459 g/mol. The van der Waals surface area contributed by atoms with Gasteiger partial charge in [0.2, 0.25) is 0 Å². The molecule has 0 spiro atoms. The maximum absolute atomic E-state index is 11.9. The molecule has 5 rings (SSSR count). The molecular weight excluding hydrogens is 432 g/mol. The van der Waals surface area contributed by atoms with Crippen LogP contribution >= 0.6 is 0 Å². The number of carbonyl (C=O) groups excluding carboxylic acids is 1. The second kappa shape index (κ2) is 8.99. The number of aryl methyl sites for hydroxylation is 1. The largest absolute Gasteiger partial charge is 0.457 e. The van der Waals surface area contributed by atoms with Gasteiger partial charge in [-0.15, -0.1) is 0 Å². The minimum Gasteiger partial charge on any atom is -0.457 e. The Morgan fingerprint density at radius 3 is 2.91 bits per heavy atom. The van der Waals surface area contributed by atoms with Crippen LogP contribution in [0.4, 0.5) is 0 Å². The fraction of sp³-hybridized carbons (Fsp3) is 0.360. The van der Waals surface area contributed by atoms with Gasteiger partial charge in [0.05, 0.1) is 23.9 Å². The first-order chi connectivity index (χ1) is 16.5. The number of pyridine rings is 1. The summed E-state index contributed by atoms with van der Waals surface area (Å²) in [4.78, 5) is 18.6. The maximum Gasteiger partial charge on any atom is 0.338 e. The smallest absolute Gasteiger partial charge is 0.338 e. The van der Waals surface area contributed by atoms with Crippen LogP contribution in [-0.2, 0) is 17.9 Å². The summed E-state index contributed by atoms with van der Waals surface area (Å²) in [6.45, 7) is 6.40. The number of rotatable bonds is 5. The second-order valence-electron chi connectivity index (χ2n) is 8.94. The van der Waals surface area contributed by atoms with Gasteiger partial charge in [0.15, 0.2) is 5.82 Å². The van der Waals surface area contributed by atoms with Crippen molar-refractivity contribution in [3.05, 3.63) is 75.7 Å². The summed E-state index contributed by atoms with van der Waals surface area (Å²) in [6, 6.07) is 7.77. The predicted molar refractivity (Wildman–Crippen MR) is 123 cm³/mol. The third kappa shape index (κ3) is 4.07. The quantitative estimate of drug-likeness (QED) is 0.557. The van der Waals surface area contributed by atoms with Crippen LogP contribution in [0.5, 0.6) is 0 Å². The Bertz CT molecular complexity index is 1290. The number of esters is 1. The fourth-order valence-corrected chi connectivity index (χ4v) is 4.82. The number of hydrogen-bond donors (Lipinski definition) is 2.